The molecule has 136 valence electrons. The minimum absolute atomic E-state index is 0.0534. The van der Waals surface area contributed by atoms with Crippen molar-refractivity contribution in [2.75, 3.05) is 13.7 Å². The van der Waals surface area contributed by atoms with Gasteiger partial charge in [0.15, 0.2) is 0 Å². The number of nitrogens with two attached hydrogens (primary N) is 1. The Labute approximate surface area is 144 Å². The fourth-order valence-corrected chi connectivity index (χ4v) is 4.22. The molecule has 1 saturated carbocycles. The monoisotopic (exact) mass is 342 g/mol. The molecule has 1 rings (SSSR count). The lowest BCUT2D eigenvalue weighted by molar-refractivity contribution is 0.0915. The summed E-state index contributed by atoms with van der Waals surface area (Å²) in [5.74, 6) is 0.740. The smallest absolute Gasteiger partial charge is 0.409 e. The van der Waals surface area contributed by atoms with Gasteiger partial charge in [-0.15, -0.1) is 0 Å². The molecule has 0 aromatic carbocycles. The Bertz CT molecular complexity index is 351. The molecule has 4 nitrogen and oxygen atoms in total. The molecule has 0 unspecified atom stereocenters. The highest BCUT2D eigenvalue weighted by Gasteiger charge is 2.28. The van der Waals surface area contributed by atoms with Crippen LogP contribution >= 0.6 is 0 Å². The molecule has 2 atom stereocenters. The van der Waals surface area contributed by atoms with E-state index in [-0.39, 0.29) is 18.2 Å². The number of ether oxygens (including phenoxy) is 1. The topological polar surface area (TPSA) is 55.6 Å². The Morgan fingerprint density at radius 1 is 1.26 bits per heavy atom. The number of carbonyl (C=O) groups is 1. The van der Waals surface area contributed by atoms with E-state index in [1.807, 2.05) is 7.05 Å². The molecule has 0 radical (unpaired) electrons. The first-order valence-electron chi connectivity index (χ1n) is 9.39. The molecule has 0 bridgehead atoms. The van der Waals surface area contributed by atoms with E-state index in [0.29, 0.717) is 6.61 Å². The average molecular weight is 343 g/mol. The first kappa shape index (κ1) is 20.5. The zero-order chi connectivity index (χ0) is 17.5. The van der Waals surface area contributed by atoms with Gasteiger partial charge in [0, 0.05) is 27.2 Å². The molecule has 1 amide bonds. The summed E-state index contributed by atoms with van der Waals surface area (Å²) >= 11 is 0. The highest BCUT2D eigenvalue weighted by Crippen LogP contribution is 2.28. The van der Waals surface area contributed by atoms with Crippen LogP contribution in [0.25, 0.3) is 0 Å². The summed E-state index contributed by atoms with van der Waals surface area (Å²) in [6.45, 7) is 9.52. The lowest BCUT2D eigenvalue weighted by Gasteiger charge is -2.34. The number of amides is 1. The third-order valence-corrected chi connectivity index (χ3v) is 6.81. The predicted octanol–water partition coefficient (Wildman–Crippen LogP) is 4.47. The second-order valence-electron chi connectivity index (χ2n) is 8.42. The molecule has 23 heavy (non-hydrogen) atoms. The minimum Gasteiger partial charge on any atom is -0.450 e. The van der Waals surface area contributed by atoms with Gasteiger partial charge >= 0.3 is 6.09 Å². The maximum Gasteiger partial charge on any atom is 0.409 e. The van der Waals surface area contributed by atoms with Gasteiger partial charge in [0.25, 0.3) is 0 Å². The highest BCUT2D eigenvalue weighted by atomic mass is 28.3. The van der Waals surface area contributed by atoms with Crippen molar-refractivity contribution in [1.29, 1.82) is 0 Å². The molecule has 2 N–H and O–H groups in total. The van der Waals surface area contributed by atoms with Crippen molar-refractivity contribution in [1.82, 2.24) is 4.90 Å². The first-order valence-corrected chi connectivity index (χ1v) is 13.1. The SMILES string of the molecule is CC[C@H]([C@@H](N)CC1CCCCC1)N(C)C(=O)OCC[Si](C)(C)C. The van der Waals surface area contributed by atoms with Crippen LogP contribution in [0.4, 0.5) is 4.79 Å². The Morgan fingerprint density at radius 2 is 1.87 bits per heavy atom. The number of rotatable bonds is 8. The fraction of sp³-hybridized carbons (Fsp3) is 0.944. The van der Waals surface area contributed by atoms with E-state index in [1.165, 1.54) is 32.1 Å². The van der Waals surface area contributed by atoms with Crippen molar-refractivity contribution < 1.29 is 9.53 Å². The number of hydrogen-bond acceptors (Lipinski definition) is 3. The summed E-state index contributed by atoms with van der Waals surface area (Å²) in [6, 6.07) is 1.14. The first-order chi connectivity index (χ1) is 10.7. The Balaban J connectivity index is 2.45. The molecule has 0 spiro atoms. The maximum atomic E-state index is 12.3. The largest absolute Gasteiger partial charge is 0.450 e. The third kappa shape index (κ3) is 7.70. The van der Waals surface area contributed by atoms with Crippen molar-refractivity contribution >= 4 is 14.2 Å². The van der Waals surface area contributed by atoms with Crippen LogP contribution in [0, 0.1) is 5.92 Å². The van der Waals surface area contributed by atoms with Crippen LogP contribution in [-0.2, 0) is 4.74 Å². The zero-order valence-corrected chi connectivity index (χ0v) is 16.9. The van der Waals surface area contributed by atoms with E-state index in [9.17, 15) is 4.79 Å². The highest BCUT2D eigenvalue weighted by molar-refractivity contribution is 6.76. The molecule has 1 aliphatic carbocycles. The lowest BCUT2D eigenvalue weighted by Crippen LogP contribution is -2.49. The molecule has 1 fully saturated rings. The van der Waals surface area contributed by atoms with E-state index in [2.05, 4.69) is 26.6 Å². The van der Waals surface area contributed by atoms with Crippen molar-refractivity contribution in [3.05, 3.63) is 0 Å². The van der Waals surface area contributed by atoms with Crippen LogP contribution in [0.15, 0.2) is 0 Å². The summed E-state index contributed by atoms with van der Waals surface area (Å²) in [7, 11) is 0.673. The molecular formula is C18H38N2O2Si. The van der Waals surface area contributed by atoms with Crippen molar-refractivity contribution in [2.45, 2.75) is 89.6 Å². The van der Waals surface area contributed by atoms with Crippen LogP contribution in [0.5, 0.6) is 0 Å². The van der Waals surface area contributed by atoms with Gasteiger partial charge in [-0.25, -0.2) is 4.79 Å². The zero-order valence-electron chi connectivity index (χ0n) is 15.9. The Hall–Kier alpha value is -0.553. The molecule has 0 aromatic rings. The number of nitrogens with zero attached hydrogens (tertiary/aromatic N) is 1. The third-order valence-electron chi connectivity index (χ3n) is 5.11. The Morgan fingerprint density at radius 3 is 2.39 bits per heavy atom. The van der Waals surface area contributed by atoms with Crippen LogP contribution < -0.4 is 5.73 Å². The van der Waals surface area contributed by atoms with E-state index < -0.39 is 8.07 Å². The molecule has 0 aromatic heterocycles. The van der Waals surface area contributed by atoms with Gasteiger partial charge in [0.2, 0.25) is 0 Å². The molecule has 5 heteroatoms. The molecule has 0 saturated heterocycles. The summed E-state index contributed by atoms with van der Waals surface area (Å²) in [4.78, 5) is 14.0. The average Bonchev–Trinajstić information content (AvgIpc) is 2.47. The second-order valence-corrected chi connectivity index (χ2v) is 14.0. The van der Waals surface area contributed by atoms with Crippen LogP contribution in [0.2, 0.25) is 25.7 Å². The summed E-state index contributed by atoms with van der Waals surface area (Å²) < 4.78 is 5.47. The maximum absolute atomic E-state index is 12.3. The van der Waals surface area contributed by atoms with Gasteiger partial charge in [-0.1, -0.05) is 58.7 Å². The van der Waals surface area contributed by atoms with E-state index in [1.54, 1.807) is 4.90 Å². The molecular weight excluding hydrogens is 304 g/mol. The second kappa shape index (κ2) is 9.67. The number of likely N-dealkylation sites (N-methyl/N-ethyl adjacent to an activating group) is 1. The van der Waals surface area contributed by atoms with Crippen LogP contribution in [0.1, 0.15) is 51.9 Å². The van der Waals surface area contributed by atoms with Gasteiger partial charge in [0.05, 0.1) is 6.61 Å². The van der Waals surface area contributed by atoms with Crippen molar-refractivity contribution in [3.63, 3.8) is 0 Å². The minimum atomic E-state index is -1.17. The van der Waals surface area contributed by atoms with E-state index in [0.717, 1.165) is 24.8 Å². The van der Waals surface area contributed by atoms with Gasteiger partial charge in [-0.3, -0.25) is 0 Å². The molecule has 0 aliphatic heterocycles. The number of carbonyl (C=O) groups excluding carboxylic acids is 1. The van der Waals surface area contributed by atoms with Crippen LogP contribution in [-0.4, -0.2) is 44.8 Å². The van der Waals surface area contributed by atoms with Crippen LogP contribution in [0.3, 0.4) is 0 Å². The predicted molar refractivity (Wildman–Crippen MR) is 101 cm³/mol. The summed E-state index contributed by atoms with van der Waals surface area (Å²) in [6.07, 6.45) is 8.34. The van der Waals surface area contributed by atoms with Gasteiger partial charge in [-0.05, 0) is 24.8 Å². The fourth-order valence-electron chi connectivity index (χ4n) is 3.51. The molecule has 1 aliphatic rings. The Kier molecular flexibility index (Phi) is 8.62. The van der Waals surface area contributed by atoms with Gasteiger partial charge < -0.3 is 15.4 Å². The summed E-state index contributed by atoms with van der Waals surface area (Å²) in [5, 5.41) is 0. The van der Waals surface area contributed by atoms with Crippen molar-refractivity contribution in [2.24, 2.45) is 11.7 Å². The van der Waals surface area contributed by atoms with Gasteiger partial charge in [-0.2, -0.15) is 0 Å². The standard InChI is InChI=1S/C18H38N2O2Si/c1-6-17(16(19)14-15-10-8-7-9-11-15)20(2)18(21)22-12-13-23(3,4)5/h15-17H,6-14,19H2,1-5H3/t16-,17+/m0/s1. The van der Waals surface area contributed by atoms with E-state index in [4.69, 9.17) is 10.5 Å². The summed E-state index contributed by atoms with van der Waals surface area (Å²) in [5.41, 5.74) is 6.45. The van der Waals surface area contributed by atoms with E-state index >= 15 is 0 Å². The number of hydrogen-bond donors (Lipinski definition) is 1. The molecule has 0 heterocycles. The van der Waals surface area contributed by atoms with Gasteiger partial charge in [0.1, 0.15) is 0 Å². The quantitative estimate of drug-likeness (QED) is 0.662. The lowest BCUT2D eigenvalue weighted by atomic mass is 9.83. The van der Waals surface area contributed by atoms with Crippen molar-refractivity contribution in [3.8, 4) is 0 Å². The normalized spacial score (nSPS) is 19.2.